The van der Waals surface area contributed by atoms with Crippen molar-refractivity contribution in [3.05, 3.63) is 16.5 Å². The molecule has 1 aromatic heterocycles. The van der Waals surface area contributed by atoms with Crippen molar-refractivity contribution in [1.82, 2.24) is 9.97 Å². The lowest BCUT2D eigenvalue weighted by molar-refractivity contribution is -0.121. The fourth-order valence-electron chi connectivity index (χ4n) is 1.25. The first-order chi connectivity index (χ1) is 7.85. The summed E-state index contributed by atoms with van der Waals surface area (Å²) >= 11 is 3.32. The second-order valence-electron chi connectivity index (χ2n) is 4.36. The third-order valence-electron chi connectivity index (χ3n) is 2.27. The molecule has 1 heterocycles. The van der Waals surface area contributed by atoms with E-state index < -0.39 is 11.4 Å². The molecule has 0 radical (unpaired) electrons. The maximum absolute atomic E-state index is 11.2. The summed E-state index contributed by atoms with van der Waals surface area (Å²) < 4.78 is 0.693. The molecule has 0 saturated heterocycles. The molecule has 0 aliphatic carbocycles. The third-order valence-corrected chi connectivity index (χ3v) is 2.68. The fraction of sp³-hybridized carbons (Fsp3) is 0.545. The van der Waals surface area contributed by atoms with E-state index in [1.165, 1.54) is 0 Å². The molecule has 0 bridgehead atoms. The van der Waals surface area contributed by atoms with Crippen LogP contribution in [-0.4, -0.2) is 21.4 Å². The zero-order chi connectivity index (χ0) is 13.1. The van der Waals surface area contributed by atoms with Crippen molar-refractivity contribution < 1.29 is 4.79 Å². The Balaban J connectivity index is 2.95. The van der Waals surface area contributed by atoms with Gasteiger partial charge in [0.25, 0.3) is 0 Å². The van der Waals surface area contributed by atoms with Gasteiger partial charge in [-0.2, -0.15) is 0 Å². The molecule has 0 atom stereocenters. The predicted octanol–water partition coefficient (Wildman–Crippen LogP) is 1.87. The SMILES string of the molecule is CCCc1nc(Br)cc(NC(C)(C)C(N)=O)n1. The number of halogens is 1. The van der Waals surface area contributed by atoms with Gasteiger partial charge in [-0.25, -0.2) is 9.97 Å². The van der Waals surface area contributed by atoms with Crippen molar-refractivity contribution in [2.45, 2.75) is 39.2 Å². The zero-order valence-corrected chi connectivity index (χ0v) is 11.8. The molecule has 0 saturated carbocycles. The monoisotopic (exact) mass is 300 g/mol. The van der Waals surface area contributed by atoms with E-state index in [9.17, 15) is 4.79 Å². The Morgan fingerprint density at radius 1 is 1.53 bits per heavy atom. The van der Waals surface area contributed by atoms with Crippen LogP contribution in [0.3, 0.4) is 0 Å². The van der Waals surface area contributed by atoms with Gasteiger partial charge in [-0.15, -0.1) is 0 Å². The van der Waals surface area contributed by atoms with Gasteiger partial charge in [0.1, 0.15) is 21.8 Å². The normalized spacial score (nSPS) is 11.3. The number of hydrogen-bond acceptors (Lipinski definition) is 4. The minimum Gasteiger partial charge on any atom is -0.368 e. The minimum atomic E-state index is -0.836. The van der Waals surface area contributed by atoms with Gasteiger partial charge in [-0.3, -0.25) is 4.79 Å². The highest BCUT2D eigenvalue weighted by Crippen LogP contribution is 2.17. The van der Waals surface area contributed by atoms with E-state index in [1.54, 1.807) is 19.9 Å². The molecule has 0 unspecified atom stereocenters. The summed E-state index contributed by atoms with van der Waals surface area (Å²) in [6.07, 6.45) is 1.76. The molecule has 1 amide bonds. The topological polar surface area (TPSA) is 80.9 Å². The largest absolute Gasteiger partial charge is 0.368 e. The van der Waals surface area contributed by atoms with E-state index in [1.807, 2.05) is 0 Å². The number of nitrogens with two attached hydrogens (primary N) is 1. The standard InChI is InChI=1S/C11H17BrN4O/c1-4-5-8-14-7(12)6-9(15-8)16-11(2,3)10(13)17/h6H,4-5H2,1-3H3,(H2,13,17)(H,14,15,16). The van der Waals surface area contributed by atoms with E-state index in [-0.39, 0.29) is 0 Å². The maximum Gasteiger partial charge on any atom is 0.242 e. The molecule has 0 spiro atoms. The lowest BCUT2D eigenvalue weighted by atomic mass is 10.1. The van der Waals surface area contributed by atoms with E-state index in [4.69, 9.17) is 5.73 Å². The van der Waals surface area contributed by atoms with Gasteiger partial charge in [-0.05, 0) is 36.2 Å². The number of hydrogen-bond donors (Lipinski definition) is 2. The highest BCUT2D eigenvalue weighted by molar-refractivity contribution is 9.10. The molecule has 0 aromatic carbocycles. The Kier molecular flexibility index (Phi) is 4.45. The van der Waals surface area contributed by atoms with Crippen molar-refractivity contribution in [3.63, 3.8) is 0 Å². The molecule has 5 nitrogen and oxygen atoms in total. The summed E-state index contributed by atoms with van der Waals surface area (Å²) in [5, 5.41) is 3.00. The van der Waals surface area contributed by atoms with Gasteiger partial charge in [0.2, 0.25) is 5.91 Å². The predicted molar refractivity (Wildman–Crippen MR) is 70.6 cm³/mol. The number of amides is 1. The van der Waals surface area contributed by atoms with Crippen LogP contribution < -0.4 is 11.1 Å². The number of nitrogens with one attached hydrogen (secondary N) is 1. The van der Waals surface area contributed by atoms with Crippen LogP contribution >= 0.6 is 15.9 Å². The van der Waals surface area contributed by atoms with Crippen LogP contribution in [0, 0.1) is 0 Å². The number of nitrogens with zero attached hydrogens (tertiary/aromatic N) is 2. The molecule has 94 valence electrons. The van der Waals surface area contributed by atoms with Crippen LogP contribution in [-0.2, 0) is 11.2 Å². The van der Waals surface area contributed by atoms with Gasteiger partial charge >= 0.3 is 0 Å². The van der Waals surface area contributed by atoms with Gasteiger partial charge in [-0.1, -0.05) is 6.92 Å². The highest BCUT2D eigenvalue weighted by atomic mass is 79.9. The van der Waals surface area contributed by atoms with Crippen LogP contribution in [0.25, 0.3) is 0 Å². The molecular formula is C11H17BrN4O. The first-order valence-electron chi connectivity index (χ1n) is 5.46. The lowest BCUT2D eigenvalue weighted by Crippen LogP contribution is -2.45. The number of carbonyl (C=O) groups is 1. The Morgan fingerprint density at radius 3 is 2.71 bits per heavy atom. The molecule has 1 aromatic rings. The number of aryl methyl sites for hydroxylation is 1. The second-order valence-corrected chi connectivity index (χ2v) is 5.17. The summed E-state index contributed by atoms with van der Waals surface area (Å²) in [7, 11) is 0. The summed E-state index contributed by atoms with van der Waals surface area (Å²) in [5.74, 6) is 0.910. The molecule has 6 heteroatoms. The molecule has 0 aliphatic rings. The van der Waals surface area contributed by atoms with E-state index in [0.29, 0.717) is 10.4 Å². The van der Waals surface area contributed by atoms with Crippen molar-refractivity contribution >= 4 is 27.7 Å². The lowest BCUT2D eigenvalue weighted by Gasteiger charge is -2.23. The van der Waals surface area contributed by atoms with Crippen molar-refractivity contribution in [2.24, 2.45) is 5.73 Å². The average molecular weight is 301 g/mol. The Hall–Kier alpha value is -1.17. The molecule has 17 heavy (non-hydrogen) atoms. The van der Waals surface area contributed by atoms with Crippen molar-refractivity contribution in [2.75, 3.05) is 5.32 Å². The summed E-state index contributed by atoms with van der Waals surface area (Å²) in [6, 6.07) is 1.73. The van der Waals surface area contributed by atoms with Crippen LogP contribution in [0.1, 0.15) is 33.0 Å². The number of carbonyl (C=O) groups excluding carboxylic acids is 1. The molecule has 1 rings (SSSR count). The molecule has 0 fully saturated rings. The number of anilines is 1. The molecule has 0 aliphatic heterocycles. The maximum atomic E-state index is 11.2. The Bertz CT molecular complexity index is 420. The van der Waals surface area contributed by atoms with E-state index in [0.717, 1.165) is 18.7 Å². The van der Waals surface area contributed by atoms with Crippen LogP contribution in [0.15, 0.2) is 10.7 Å². The summed E-state index contributed by atoms with van der Waals surface area (Å²) in [5.41, 5.74) is 4.46. The van der Waals surface area contributed by atoms with Crippen LogP contribution in [0.5, 0.6) is 0 Å². The Labute approximate surface area is 109 Å². The van der Waals surface area contributed by atoms with Gasteiger partial charge in [0, 0.05) is 12.5 Å². The first kappa shape index (κ1) is 13.9. The van der Waals surface area contributed by atoms with Gasteiger partial charge in [0.05, 0.1) is 0 Å². The number of rotatable bonds is 5. The molecule has 3 N–H and O–H groups in total. The summed E-state index contributed by atoms with van der Waals surface area (Å²) in [6.45, 7) is 5.49. The number of primary amides is 1. The van der Waals surface area contributed by atoms with E-state index in [2.05, 4.69) is 38.1 Å². The van der Waals surface area contributed by atoms with Gasteiger partial charge in [0.15, 0.2) is 0 Å². The number of aromatic nitrogens is 2. The van der Waals surface area contributed by atoms with Crippen LogP contribution in [0.2, 0.25) is 0 Å². The first-order valence-corrected chi connectivity index (χ1v) is 6.26. The molecular weight excluding hydrogens is 284 g/mol. The highest BCUT2D eigenvalue weighted by Gasteiger charge is 2.25. The van der Waals surface area contributed by atoms with E-state index >= 15 is 0 Å². The van der Waals surface area contributed by atoms with Gasteiger partial charge < -0.3 is 11.1 Å². The van der Waals surface area contributed by atoms with Crippen molar-refractivity contribution in [3.8, 4) is 0 Å². The van der Waals surface area contributed by atoms with Crippen molar-refractivity contribution in [1.29, 1.82) is 0 Å². The third kappa shape index (κ3) is 3.96. The quantitative estimate of drug-likeness (QED) is 0.814. The fourth-order valence-corrected chi connectivity index (χ4v) is 1.67. The minimum absolute atomic E-state index is 0.427. The smallest absolute Gasteiger partial charge is 0.242 e. The zero-order valence-electron chi connectivity index (χ0n) is 10.2. The van der Waals surface area contributed by atoms with Crippen LogP contribution in [0.4, 0.5) is 5.82 Å². The second kappa shape index (κ2) is 5.44. The average Bonchev–Trinajstić information content (AvgIpc) is 2.15. The Morgan fingerprint density at radius 2 is 2.18 bits per heavy atom. The summed E-state index contributed by atoms with van der Waals surface area (Å²) in [4.78, 5) is 19.8.